The van der Waals surface area contributed by atoms with E-state index >= 15 is 0 Å². The van der Waals surface area contributed by atoms with Gasteiger partial charge in [-0.25, -0.2) is 8.42 Å². The Balaban J connectivity index is 1.69. The molecule has 1 aliphatic carbocycles. The Kier molecular flexibility index (Phi) is 9.53. The van der Waals surface area contributed by atoms with Crippen molar-refractivity contribution in [3.63, 3.8) is 0 Å². The van der Waals surface area contributed by atoms with Gasteiger partial charge in [0, 0.05) is 17.6 Å². The molecular weight excluding hydrogens is 546 g/mol. The fourth-order valence-corrected chi connectivity index (χ4v) is 6.69. The monoisotopic (exact) mass is 581 g/mol. The van der Waals surface area contributed by atoms with Gasteiger partial charge in [0.05, 0.1) is 10.6 Å². The van der Waals surface area contributed by atoms with E-state index in [1.807, 2.05) is 19.1 Å². The Morgan fingerprint density at radius 3 is 2.30 bits per heavy atom. The molecule has 0 aliphatic heterocycles. The molecule has 3 aromatic rings. The number of halogens is 1. The van der Waals surface area contributed by atoms with Gasteiger partial charge < -0.3 is 10.2 Å². The molecule has 0 radical (unpaired) electrons. The van der Waals surface area contributed by atoms with Crippen LogP contribution in [0.5, 0.6) is 0 Å². The smallest absolute Gasteiger partial charge is 0.264 e. The van der Waals surface area contributed by atoms with Gasteiger partial charge in [-0.1, -0.05) is 72.5 Å². The fourth-order valence-electron chi connectivity index (χ4n) is 5.00. The van der Waals surface area contributed by atoms with Gasteiger partial charge in [0.2, 0.25) is 11.8 Å². The molecule has 212 valence electrons. The third-order valence-corrected chi connectivity index (χ3v) is 9.39. The largest absolute Gasteiger partial charge is 0.352 e. The number of benzene rings is 3. The van der Waals surface area contributed by atoms with Crippen molar-refractivity contribution in [2.45, 2.75) is 70.0 Å². The molecule has 1 fully saturated rings. The third kappa shape index (κ3) is 7.04. The lowest BCUT2D eigenvalue weighted by Gasteiger charge is -2.33. The van der Waals surface area contributed by atoms with Crippen LogP contribution >= 0.6 is 11.6 Å². The van der Waals surface area contributed by atoms with Crippen LogP contribution in [0.25, 0.3) is 0 Å². The van der Waals surface area contributed by atoms with Crippen LogP contribution in [0.1, 0.15) is 49.3 Å². The van der Waals surface area contributed by atoms with Gasteiger partial charge in [0.25, 0.3) is 10.0 Å². The lowest BCUT2D eigenvalue weighted by molar-refractivity contribution is -0.139. The molecule has 1 N–H and O–H groups in total. The standard InChI is InChI=1S/C31H36ClN3O4S/c1-22-15-17-28(18-16-22)40(38,39)35(29-14-7-4-9-23(29)2)21-30(36)34(20-25-10-8-11-26(32)19-25)24(3)31(37)33-27-12-5-6-13-27/h4,7-11,14-19,24,27H,5-6,12-13,20-21H2,1-3H3,(H,33,37)/t24-/m0/s1. The van der Waals surface area contributed by atoms with Gasteiger partial charge in [-0.15, -0.1) is 0 Å². The number of carbonyl (C=O) groups excluding carboxylic acids is 2. The highest BCUT2D eigenvalue weighted by atomic mass is 35.5. The molecule has 4 rings (SSSR count). The van der Waals surface area contributed by atoms with Gasteiger partial charge >= 0.3 is 0 Å². The van der Waals surface area contributed by atoms with Crippen LogP contribution in [0.2, 0.25) is 5.02 Å². The minimum atomic E-state index is -4.10. The number of amides is 2. The molecule has 0 heterocycles. The van der Waals surface area contributed by atoms with Crippen molar-refractivity contribution < 1.29 is 18.0 Å². The predicted octanol–water partition coefficient (Wildman–Crippen LogP) is 5.63. The van der Waals surface area contributed by atoms with Crippen LogP contribution in [-0.4, -0.2) is 43.8 Å². The zero-order chi connectivity index (χ0) is 28.9. The van der Waals surface area contributed by atoms with E-state index < -0.39 is 28.5 Å². The highest BCUT2D eigenvalue weighted by molar-refractivity contribution is 7.92. The summed E-state index contributed by atoms with van der Waals surface area (Å²) in [6.45, 7) is 5.00. The molecule has 1 atom stereocenters. The van der Waals surface area contributed by atoms with Crippen LogP contribution in [0.4, 0.5) is 5.69 Å². The molecule has 1 saturated carbocycles. The second-order valence-electron chi connectivity index (χ2n) is 10.4. The molecule has 0 aromatic heterocycles. The maximum Gasteiger partial charge on any atom is 0.264 e. The van der Waals surface area contributed by atoms with E-state index in [2.05, 4.69) is 5.32 Å². The molecule has 7 nitrogen and oxygen atoms in total. The van der Waals surface area contributed by atoms with Crippen LogP contribution in [0, 0.1) is 13.8 Å². The van der Waals surface area contributed by atoms with Crippen molar-refractivity contribution in [2.75, 3.05) is 10.8 Å². The summed E-state index contributed by atoms with van der Waals surface area (Å²) in [6.07, 6.45) is 3.95. The van der Waals surface area contributed by atoms with Gasteiger partial charge in [-0.05, 0) is 75.1 Å². The Morgan fingerprint density at radius 1 is 0.975 bits per heavy atom. The maximum atomic E-state index is 14.0. The Morgan fingerprint density at radius 2 is 1.65 bits per heavy atom. The van der Waals surface area contributed by atoms with E-state index in [0.29, 0.717) is 16.3 Å². The quantitative estimate of drug-likeness (QED) is 0.336. The molecular formula is C31H36ClN3O4S. The number of hydrogen-bond acceptors (Lipinski definition) is 4. The number of para-hydroxylation sites is 1. The molecule has 1 aliphatic rings. The first kappa shape index (κ1) is 29.6. The summed E-state index contributed by atoms with van der Waals surface area (Å²) in [6, 6.07) is 19.9. The normalized spacial score (nSPS) is 14.5. The van der Waals surface area contributed by atoms with E-state index in [1.54, 1.807) is 74.5 Å². The minimum Gasteiger partial charge on any atom is -0.352 e. The summed E-state index contributed by atoms with van der Waals surface area (Å²) < 4.78 is 29.0. The average Bonchev–Trinajstić information content (AvgIpc) is 3.43. The lowest BCUT2D eigenvalue weighted by atomic mass is 10.1. The molecule has 2 amide bonds. The first-order valence-corrected chi connectivity index (χ1v) is 15.4. The van der Waals surface area contributed by atoms with E-state index in [0.717, 1.165) is 41.1 Å². The summed E-state index contributed by atoms with van der Waals surface area (Å²) in [7, 11) is -4.10. The first-order valence-electron chi connectivity index (χ1n) is 13.6. The number of anilines is 1. The number of hydrogen-bond donors (Lipinski definition) is 1. The number of sulfonamides is 1. The zero-order valence-electron chi connectivity index (χ0n) is 23.1. The Bertz CT molecular complexity index is 1450. The molecule has 9 heteroatoms. The van der Waals surface area contributed by atoms with Crippen molar-refractivity contribution in [3.8, 4) is 0 Å². The lowest BCUT2D eigenvalue weighted by Crippen LogP contribution is -2.52. The second-order valence-corrected chi connectivity index (χ2v) is 12.7. The van der Waals surface area contributed by atoms with Crippen molar-refractivity contribution in [2.24, 2.45) is 0 Å². The van der Waals surface area contributed by atoms with E-state index in [1.165, 1.54) is 4.90 Å². The Labute approximate surface area is 242 Å². The van der Waals surface area contributed by atoms with Gasteiger partial charge in [-0.3, -0.25) is 13.9 Å². The van der Waals surface area contributed by atoms with Crippen LogP contribution in [-0.2, 0) is 26.2 Å². The molecule has 0 saturated heterocycles. The van der Waals surface area contributed by atoms with Crippen molar-refractivity contribution in [1.82, 2.24) is 10.2 Å². The topological polar surface area (TPSA) is 86.8 Å². The number of rotatable bonds is 10. The maximum absolute atomic E-state index is 14.0. The number of nitrogens with zero attached hydrogens (tertiary/aromatic N) is 2. The van der Waals surface area contributed by atoms with Gasteiger partial charge in [0.1, 0.15) is 12.6 Å². The van der Waals surface area contributed by atoms with E-state index in [-0.39, 0.29) is 23.4 Å². The van der Waals surface area contributed by atoms with Crippen molar-refractivity contribution >= 4 is 39.1 Å². The fraction of sp³-hybridized carbons (Fsp3) is 0.355. The summed E-state index contributed by atoms with van der Waals surface area (Å²) in [5, 5.41) is 3.59. The zero-order valence-corrected chi connectivity index (χ0v) is 24.7. The van der Waals surface area contributed by atoms with Crippen LogP contribution in [0.3, 0.4) is 0 Å². The van der Waals surface area contributed by atoms with Crippen LogP contribution in [0.15, 0.2) is 77.7 Å². The van der Waals surface area contributed by atoms with Crippen molar-refractivity contribution in [3.05, 3.63) is 94.5 Å². The molecule has 0 unspecified atom stereocenters. The van der Waals surface area contributed by atoms with E-state index in [4.69, 9.17) is 11.6 Å². The Hall–Kier alpha value is -3.36. The third-order valence-electron chi connectivity index (χ3n) is 7.38. The number of aryl methyl sites for hydroxylation is 2. The minimum absolute atomic E-state index is 0.0857. The SMILES string of the molecule is Cc1ccc(S(=O)(=O)N(CC(=O)N(Cc2cccc(Cl)c2)[C@@H](C)C(=O)NC2CCCC2)c2ccccc2C)cc1. The molecule has 0 bridgehead atoms. The highest BCUT2D eigenvalue weighted by Crippen LogP contribution is 2.28. The summed E-state index contributed by atoms with van der Waals surface area (Å²) in [4.78, 5) is 28.9. The van der Waals surface area contributed by atoms with Crippen molar-refractivity contribution in [1.29, 1.82) is 0 Å². The first-order chi connectivity index (χ1) is 19.1. The number of nitrogens with one attached hydrogen (secondary N) is 1. The van der Waals surface area contributed by atoms with Gasteiger partial charge in [-0.2, -0.15) is 0 Å². The summed E-state index contributed by atoms with van der Waals surface area (Å²) in [5.74, 6) is -0.751. The summed E-state index contributed by atoms with van der Waals surface area (Å²) >= 11 is 6.21. The molecule has 40 heavy (non-hydrogen) atoms. The number of carbonyl (C=O) groups is 2. The van der Waals surface area contributed by atoms with E-state index in [9.17, 15) is 18.0 Å². The average molecular weight is 582 g/mol. The highest BCUT2D eigenvalue weighted by Gasteiger charge is 2.33. The van der Waals surface area contributed by atoms with Crippen LogP contribution < -0.4 is 9.62 Å². The summed E-state index contributed by atoms with van der Waals surface area (Å²) in [5.41, 5.74) is 2.78. The van der Waals surface area contributed by atoms with Gasteiger partial charge in [0.15, 0.2) is 0 Å². The predicted molar refractivity (Wildman–Crippen MR) is 159 cm³/mol. The molecule has 0 spiro atoms. The second kappa shape index (κ2) is 12.9. The molecule has 3 aromatic carbocycles.